The molecule has 0 spiro atoms. The number of nitrogens with one attached hydrogen (secondary N) is 1. The molecule has 0 aliphatic heterocycles. The van der Waals surface area contributed by atoms with E-state index < -0.39 is 47.4 Å². The minimum Gasteiger partial charge on any atom is -0.321 e. The molecule has 0 saturated heterocycles. The lowest BCUT2D eigenvalue weighted by Gasteiger charge is -2.39. The van der Waals surface area contributed by atoms with Crippen LogP contribution >= 0.6 is 0 Å². The zero-order chi connectivity index (χ0) is 24.8. The summed E-state index contributed by atoms with van der Waals surface area (Å²) in [6.45, 7) is 3.34. The van der Waals surface area contributed by atoms with Gasteiger partial charge in [-0.1, -0.05) is 26.0 Å². The second-order valence-electron chi connectivity index (χ2n) is 6.60. The number of benzene rings is 1. The highest BCUT2D eigenvalue weighted by molar-refractivity contribution is 5.97. The third kappa shape index (κ3) is 4.14. The maximum atomic E-state index is 13.7. The van der Waals surface area contributed by atoms with E-state index in [9.17, 15) is 61.9 Å². The van der Waals surface area contributed by atoms with Crippen LogP contribution in [0.3, 0.4) is 0 Å². The van der Waals surface area contributed by atoms with E-state index in [0.29, 0.717) is 5.56 Å². The monoisotopic (exact) mass is 481 g/mol. The van der Waals surface area contributed by atoms with Gasteiger partial charge in [-0.15, -0.1) is 0 Å². The fourth-order valence-electron chi connectivity index (χ4n) is 2.07. The summed E-state index contributed by atoms with van der Waals surface area (Å²) in [5.41, 5.74) is -0.170. The quantitative estimate of drug-likeness (QED) is 0.444. The lowest BCUT2D eigenvalue weighted by atomic mass is 9.93. The zero-order valence-corrected chi connectivity index (χ0v) is 15.2. The molecule has 0 bridgehead atoms. The first-order valence-corrected chi connectivity index (χ1v) is 7.93. The highest BCUT2D eigenvalue weighted by atomic mass is 19.4. The fraction of sp³-hybridized carbons (Fsp3) is 0.562. The zero-order valence-electron chi connectivity index (χ0n) is 15.2. The van der Waals surface area contributed by atoms with Crippen LogP contribution in [0, 0.1) is 0 Å². The smallest absolute Gasteiger partial charge is 0.321 e. The number of alkyl halides is 13. The molecule has 0 saturated carbocycles. The highest BCUT2D eigenvalue weighted by Gasteiger charge is 2.91. The summed E-state index contributed by atoms with van der Waals surface area (Å²) in [4.78, 5) is 11.4. The number of carbonyl (C=O) groups is 1. The number of anilines is 1. The van der Waals surface area contributed by atoms with Crippen molar-refractivity contribution in [2.45, 2.75) is 55.6 Å². The Balaban J connectivity index is 3.33. The predicted molar refractivity (Wildman–Crippen MR) is 80.0 cm³/mol. The Morgan fingerprint density at radius 1 is 0.677 bits per heavy atom. The Bertz CT molecular complexity index is 797. The summed E-state index contributed by atoms with van der Waals surface area (Å²) in [5, 5.41) is 0.990. The SMILES string of the molecule is CC(C)c1ccc(NC(=O)C(F)(F)C(F)(F)C(F)(F)C(F)(F)C(F)(F)C(F)(F)F)cc1. The number of hydrogen-bond acceptors (Lipinski definition) is 1. The summed E-state index contributed by atoms with van der Waals surface area (Å²) in [6, 6.07) is 4.05. The second-order valence-corrected chi connectivity index (χ2v) is 6.60. The van der Waals surface area contributed by atoms with Crippen LogP contribution in [0.1, 0.15) is 25.3 Å². The number of carbonyl (C=O) groups excluding carboxylic acids is 1. The Kier molecular flexibility index (Phi) is 6.68. The Labute approximate surface area is 165 Å². The molecule has 0 aromatic heterocycles. The first-order chi connectivity index (χ1) is 13.6. The van der Waals surface area contributed by atoms with Crippen molar-refractivity contribution < 1.29 is 61.9 Å². The van der Waals surface area contributed by atoms with Gasteiger partial charge in [-0.3, -0.25) is 4.79 Å². The molecule has 1 amide bonds. The van der Waals surface area contributed by atoms with Crippen molar-refractivity contribution in [3.05, 3.63) is 29.8 Å². The van der Waals surface area contributed by atoms with E-state index in [1.807, 2.05) is 0 Å². The summed E-state index contributed by atoms with van der Waals surface area (Å²) in [7, 11) is 0. The van der Waals surface area contributed by atoms with Gasteiger partial charge >= 0.3 is 41.7 Å². The molecular weight excluding hydrogens is 469 g/mol. The molecule has 1 aromatic rings. The van der Waals surface area contributed by atoms with Crippen LogP contribution < -0.4 is 5.32 Å². The van der Waals surface area contributed by atoms with Gasteiger partial charge in [0.1, 0.15) is 0 Å². The molecule has 0 aliphatic carbocycles. The van der Waals surface area contributed by atoms with E-state index >= 15 is 0 Å². The predicted octanol–water partition coefficient (Wildman–Crippen LogP) is 6.49. The molecule has 2 nitrogen and oxygen atoms in total. The maximum Gasteiger partial charge on any atom is 0.460 e. The topological polar surface area (TPSA) is 29.1 Å². The number of halogens is 13. The number of hydrogen-bond donors (Lipinski definition) is 1. The normalized spacial score (nSPS) is 14.7. The summed E-state index contributed by atoms with van der Waals surface area (Å²) >= 11 is 0. The lowest BCUT2D eigenvalue weighted by Crippen LogP contribution is -2.71. The van der Waals surface area contributed by atoms with E-state index in [0.717, 1.165) is 17.4 Å². The Hall–Kier alpha value is -2.22. The van der Waals surface area contributed by atoms with Gasteiger partial charge in [0.05, 0.1) is 0 Å². The van der Waals surface area contributed by atoms with Crippen LogP contribution in [0.4, 0.5) is 62.8 Å². The van der Waals surface area contributed by atoms with Crippen molar-refractivity contribution in [1.29, 1.82) is 0 Å². The highest BCUT2D eigenvalue weighted by Crippen LogP contribution is 2.60. The minimum absolute atomic E-state index is 0.133. The molecule has 0 radical (unpaired) electrons. The first-order valence-electron chi connectivity index (χ1n) is 7.93. The molecule has 1 aromatic carbocycles. The van der Waals surface area contributed by atoms with Crippen LogP contribution in [0.2, 0.25) is 0 Å². The van der Waals surface area contributed by atoms with Gasteiger partial charge in [-0.2, -0.15) is 57.1 Å². The van der Waals surface area contributed by atoms with Crippen LogP contribution in [-0.2, 0) is 4.79 Å². The van der Waals surface area contributed by atoms with Crippen molar-refractivity contribution in [2.75, 3.05) is 5.32 Å². The van der Waals surface area contributed by atoms with E-state index in [4.69, 9.17) is 0 Å². The van der Waals surface area contributed by atoms with Gasteiger partial charge in [-0.25, -0.2) is 0 Å². The largest absolute Gasteiger partial charge is 0.460 e. The Morgan fingerprint density at radius 3 is 1.42 bits per heavy atom. The first kappa shape index (κ1) is 26.8. The summed E-state index contributed by atoms with van der Waals surface area (Å²) in [5.74, 6) is -41.9. The fourth-order valence-corrected chi connectivity index (χ4v) is 2.07. The second kappa shape index (κ2) is 7.73. The van der Waals surface area contributed by atoms with Gasteiger partial charge in [-0.05, 0) is 23.6 Å². The molecule has 0 aliphatic rings. The van der Waals surface area contributed by atoms with Gasteiger partial charge in [0.15, 0.2) is 0 Å². The van der Waals surface area contributed by atoms with E-state index in [-0.39, 0.29) is 5.92 Å². The third-order valence-corrected chi connectivity index (χ3v) is 4.05. The van der Waals surface area contributed by atoms with Crippen LogP contribution in [0.15, 0.2) is 24.3 Å². The Morgan fingerprint density at radius 2 is 1.06 bits per heavy atom. The van der Waals surface area contributed by atoms with Gasteiger partial charge in [0.25, 0.3) is 0 Å². The average molecular weight is 481 g/mol. The molecule has 31 heavy (non-hydrogen) atoms. The van der Waals surface area contributed by atoms with Gasteiger partial charge in [0, 0.05) is 5.69 Å². The van der Waals surface area contributed by atoms with Crippen molar-refractivity contribution in [3.63, 3.8) is 0 Å². The van der Waals surface area contributed by atoms with Crippen molar-refractivity contribution in [3.8, 4) is 0 Å². The molecule has 0 unspecified atom stereocenters. The van der Waals surface area contributed by atoms with Gasteiger partial charge in [0.2, 0.25) is 0 Å². The molecule has 0 fully saturated rings. The van der Waals surface area contributed by atoms with Crippen molar-refractivity contribution in [2.24, 2.45) is 0 Å². The van der Waals surface area contributed by atoms with Crippen LogP contribution in [0.25, 0.3) is 0 Å². The number of rotatable bonds is 7. The lowest BCUT2D eigenvalue weighted by molar-refractivity contribution is -0.435. The van der Waals surface area contributed by atoms with E-state index in [1.165, 1.54) is 12.1 Å². The van der Waals surface area contributed by atoms with Gasteiger partial charge < -0.3 is 5.32 Å². The molecule has 178 valence electrons. The van der Waals surface area contributed by atoms with Crippen LogP contribution in [0.5, 0.6) is 0 Å². The van der Waals surface area contributed by atoms with E-state index in [2.05, 4.69) is 0 Å². The summed E-state index contributed by atoms with van der Waals surface area (Å²) < 4.78 is 169. The van der Waals surface area contributed by atoms with Crippen LogP contribution in [-0.4, -0.2) is 41.7 Å². The number of amides is 1. The molecule has 1 N–H and O–H groups in total. The molecular formula is C16H12F13NO. The molecule has 15 heteroatoms. The summed E-state index contributed by atoms with van der Waals surface area (Å²) in [6.07, 6.45) is -7.51. The average Bonchev–Trinajstić information content (AvgIpc) is 2.60. The minimum atomic E-state index is -8.05. The molecule has 0 atom stereocenters. The van der Waals surface area contributed by atoms with Crippen molar-refractivity contribution in [1.82, 2.24) is 0 Å². The standard InChI is InChI=1S/C16H12F13NO/c1-7(2)8-3-5-9(6-4-8)30-10(31)11(17,18)12(19,20)13(21,22)14(23,24)15(25,26)16(27,28)29/h3-7H,1-2H3,(H,30,31). The van der Waals surface area contributed by atoms with E-state index in [1.54, 1.807) is 13.8 Å². The maximum absolute atomic E-state index is 13.7. The molecule has 0 heterocycles. The molecule has 1 rings (SSSR count). The van der Waals surface area contributed by atoms with Crippen molar-refractivity contribution >= 4 is 11.6 Å². The third-order valence-electron chi connectivity index (χ3n) is 4.05.